The molecular weight excluding hydrogens is 595 g/mol. The standard InChI is InChI=1S/C30H26Cl2N6O3S/c1-20-2-5-23-16-24(8-11-28(23)33-20)29-19-37(35-34-29)18-21-3-6-22(7-4-21)30(39)36-12-14-38(15-13-36)42(40,41)25-9-10-26(31)27(32)17-25/h2-11,16-17,19H,12-15,18H2,1H3. The maximum atomic E-state index is 13.1. The van der Waals surface area contributed by atoms with Crippen LogP contribution in [0.25, 0.3) is 22.2 Å². The summed E-state index contributed by atoms with van der Waals surface area (Å²) in [6.07, 6.45) is 1.90. The molecule has 214 valence electrons. The first-order valence-corrected chi connectivity index (χ1v) is 15.5. The topological polar surface area (TPSA) is 101 Å². The summed E-state index contributed by atoms with van der Waals surface area (Å²) in [5.41, 5.74) is 5.16. The molecule has 0 N–H and O–H groups in total. The van der Waals surface area contributed by atoms with E-state index in [4.69, 9.17) is 23.2 Å². The molecule has 0 aliphatic carbocycles. The van der Waals surface area contributed by atoms with Crippen molar-refractivity contribution in [3.8, 4) is 11.3 Å². The number of rotatable bonds is 6. The molecule has 0 saturated carbocycles. The lowest BCUT2D eigenvalue weighted by atomic mass is 10.1. The highest BCUT2D eigenvalue weighted by atomic mass is 35.5. The molecule has 1 saturated heterocycles. The Balaban J connectivity index is 1.07. The summed E-state index contributed by atoms with van der Waals surface area (Å²) < 4.78 is 29.2. The first kappa shape index (κ1) is 28.3. The number of amides is 1. The fraction of sp³-hybridized carbons (Fsp3) is 0.200. The summed E-state index contributed by atoms with van der Waals surface area (Å²) in [6.45, 7) is 3.42. The highest BCUT2D eigenvalue weighted by Gasteiger charge is 2.30. The lowest BCUT2D eigenvalue weighted by Gasteiger charge is -2.34. The minimum Gasteiger partial charge on any atom is -0.336 e. The van der Waals surface area contributed by atoms with Crippen LogP contribution in [0.2, 0.25) is 10.0 Å². The number of piperazine rings is 1. The fourth-order valence-corrected chi connectivity index (χ4v) is 6.75. The van der Waals surface area contributed by atoms with Crippen molar-refractivity contribution in [1.82, 2.24) is 29.2 Å². The van der Waals surface area contributed by atoms with Gasteiger partial charge in [-0.25, -0.2) is 13.1 Å². The molecule has 1 amide bonds. The first-order valence-electron chi connectivity index (χ1n) is 13.3. The Morgan fingerprint density at radius 1 is 0.881 bits per heavy atom. The van der Waals surface area contributed by atoms with Crippen LogP contribution in [-0.2, 0) is 16.6 Å². The maximum absolute atomic E-state index is 13.1. The third kappa shape index (κ3) is 5.76. The summed E-state index contributed by atoms with van der Waals surface area (Å²) in [6, 6.07) is 21.7. The molecule has 5 aromatic rings. The fourth-order valence-electron chi connectivity index (χ4n) is 4.94. The van der Waals surface area contributed by atoms with E-state index in [1.165, 1.54) is 22.5 Å². The lowest BCUT2D eigenvalue weighted by Crippen LogP contribution is -2.50. The Morgan fingerprint density at radius 3 is 2.38 bits per heavy atom. The average Bonchev–Trinajstić information content (AvgIpc) is 3.46. The van der Waals surface area contributed by atoms with Crippen molar-refractivity contribution in [3.05, 3.63) is 106 Å². The highest BCUT2D eigenvalue weighted by molar-refractivity contribution is 7.89. The van der Waals surface area contributed by atoms with Gasteiger partial charge < -0.3 is 4.90 Å². The van der Waals surface area contributed by atoms with E-state index >= 15 is 0 Å². The van der Waals surface area contributed by atoms with Crippen molar-refractivity contribution < 1.29 is 13.2 Å². The third-order valence-electron chi connectivity index (χ3n) is 7.26. The van der Waals surface area contributed by atoms with Crippen molar-refractivity contribution in [1.29, 1.82) is 0 Å². The minimum absolute atomic E-state index is 0.0800. The number of hydrogen-bond acceptors (Lipinski definition) is 6. The largest absolute Gasteiger partial charge is 0.336 e. The quantitative estimate of drug-likeness (QED) is 0.255. The molecular formula is C30H26Cl2N6O3S. The molecule has 6 rings (SSSR count). The van der Waals surface area contributed by atoms with Gasteiger partial charge in [-0.2, -0.15) is 4.31 Å². The monoisotopic (exact) mass is 620 g/mol. The Morgan fingerprint density at radius 2 is 1.64 bits per heavy atom. The molecule has 0 spiro atoms. The van der Waals surface area contributed by atoms with Crippen molar-refractivity contribution >= 4 is 50.0 Å². The van der Waals surface area contributed by atoms with Gasteiger partial charge in [-0.1, -0.05) is 52.7 Å². The Bertz CT molecular complexity index is 1900. The number of aryl methyl sites for hydroxylation is 1. The Hall–Kier alpha value is -3.83. The number of sulfonamides is 1. The summed E-state index contributed by atoms with van der Waals surface area (Å²) >= 11 is 11.9. The van der Waals surface area contributed by atoms with Gasteiger partial charge in [0.15, 0.2) is 0 Å². The molecule has 0 radical (unpaired) electrons. The van der Waals surface area contributed by atoms with Crippen molar-refractivity contribution in [2.24, 2.45) is 0 Å². The number of carbonyl (C=O) groups excluding carboxylic acids is 1. The third-order valence-corrected chi connectivity index (χ3v) is 9.90. The molecule has 0 unspecified atom stereocenters. The van der Waals surface area contributed by atoms with Crippen LogP contribution in [0.15, 0.2) is 83.9 Å². The second-order valence-electron chi connectivity index (χ2n) is 10.1. The van der Waals surface area contributed by atoms with E-state index in [1.54, 1.807) is 21.7 Å². The molecule has 3 heterocycles. The van der Waals surface area contributed by atoms with Crippen molar-refractivity contribution in [2.75, 3.05) is 26.2 Å². The highest BCUT2D eigenvalue weighted by Crippen LogP contribution is 2.27. The predicted octanol–water partition coefficient (Wildman–Crippen LogP) is 5.30. The molecule has 2 aromatic heterocycles. The summed E-state index contributed by atoms with van der Waals surface area (Å²) in [5, 5.41) is 10.1. The van der Waals surface area contributed by atoms with Crippen molar-refractivity contribution in [2.45, 2.75) is 18.4 Å². The van der Waals surface area contributed by atoms with E-state index < -0.39 is 10.0 Å². The van der Waals surface area contributed by atoms with Gasteiger partial charge in [-0.15, -0.1) is 5.10 Å². The van der Waals surface area contributed by atoms with Crippen LogP contribution in [0, 0.1) is 6.92 Å². The van der Waals surface area contributed by atoms with Gasteiger partial charge in [0, 0.05) is 48.4 Å². The van der Waals surface area contributed by atoms with Crippen LogP contribution in [0.5, 0.6) is 0 Å². The zero-order valence-electron chi connectivity index (χ0n) is 22.6. The Labute approximate surface area is 253 Å². The number of pyridine rings is 1. The van der Waals surface area contributed by atoms with Gasteiger partial charge in [0.25, 0.3) is 5.91 Å². The summed E-state index contributed by atoms with van der Waals surface area (Å²) in [7, 11) is -3.74. The van der Waals surface area contributed by atoms with Gasteiger partial charge >= 0.3 is 0 Å². The van der Waals surface area contributed by atoms with E-state index in [1.807, 2.05) is 49.5 Å². The molecule has 3 aromatic carbocycles. The summed E-state index contributed by atoms with van der Waals surface area (Å²) in [5.74, 6) is -0.142. The predicted molar refractivity (Wildman–Crippen MR) is 162 cm³/mol. The van der Waals surface area contributed by atoms with Gasteiger partial charge in [-0.3, -0.25) is 9.78 Å². The molecule has 0 atom stereocenters. The number of hydrogen-bond donors (Lipinski definition) is 0. The average molecular weight is 622 g/mol. The van der Waals surface area contributed by atoms with Gasteiger partial charge in [0.05, 0.1) is 33.2 Å². The number of carbonyl (C=O) groups is 1. The van der Waals surface area contributed by atoms with Crippen LogP contribution in [0.4, 0.5) is 0 Å². The molecule has 9 nitrogen and oxygen atoms in total. The first-order chi connectivity index (χ1) is 20.2. The number of halogens is 2. The van der Waals surface area contributed by atoms with E-state index in [0.29, 0.717) is 12.1 Å². The van der Waals surface area contributed by atoms with Gasteiger partial charge in [0.1, 0.15) is 5.69 Å². The van der Waals surface area contributed by atoms with Crippen LogP contribution in [-0.4, -0.2) is 69.7 Å². The van der Waals surface area contributed by atoms with Gasteiger partial charge in [-0.05, 0) is 61.0 Å². The second-order valence-corrected chi connectivity index (χ2v) is 12.9. The Kier molecular flexibility index (Phi) is 7.71. The van der Waals surface area contributed by atoms with Crippen LogP contribution in [0.1, 0.15) is 21.6 Å². The van der Waals surface area contributed by atoms with E-state index in [-0.39, 0.29) is 47.0 Å². The number of benzene rings is 3. The number of aromatic nitrogens is 4. The molecule has 1 aliphatic heterocycles. The lowest BCUT2D eigenvalue weighted by molar-refractivity contribution is 0.0698. The normalized spacial score (nSPS) is 14.4. The van der Waals surface area contributed by atoms with E-state index in [9.17, 15) is 13.2 Å². The molecule has 1 aliphatic rings. The van der Waals surface area contributed by atoms with Gasteiger partial charge in [0.2, 0.25) is 10.0 Å². The zero-order valence-corrected chi connectivity index (χ0v) is 24.9. The number of fused-ring (bicyclic) bond motifs is 1. The summed E-state index contributed by atoms with van der Waals surface area (Å²) in [4.78, 5) is 19.4. The molecule has 42 heavy (non-hydrogen) atoms. The van der Waals surface area contributed by atoms with Crippen LogP contribution in [0.3, 0.4) is 0 Å². The minimum atomic E-state index is -3.74. The maximum Gasteiger partial charge on any atom is 0.253 e. The van der Waals surface area contributed by atoms with E-state index in [0.717, 1.165) is 33.4 Å². The second kappa shape index (κ2) is 11.4. The van der Waals surface area contributed by atoms with Crippen molar-refractivity contribution in [3.63, 3.8) is 0 Å². The SMILES string of the molecule is Cc1ccc2cc(-c3cn(Cc4ccc(C(=O)N5CCN(S(=O)(=O)c6ccc(Cl)c(Cl)c6)CC5)cc4)nn3)ccc2n1. The smallest absolute Gasteiger partial charge is 0.253 e. The molecule has 1 fully saturated rings. The molecule has 12 heteroatoms. The van der Waals surface area contributed by atoms with E-state index in [2.05, 4.69) is 21.4 Å². The number of nitrogens with zero attached hydrogens (tertiary/aromatic N) is 6. The molecule has 0 bridgehead atoms. The van der Waals surface area contributed by atoms with Crippen LogP contribution >= 0.6 is 23.2 Å². The van der Waals surface area contributed by atoms with Crippen LogP contribution < -0.4 is 0 Å². The zero-order chi connectivity index (χ0) is 29.4.